The fourth-order valence-corrected chi connectivity index (χ4v) is 5.52. The number of ether oxygens (including phenoxy) is 1. The van der Waals surface area contributed by atoms with Crippen LogP contribution >= 0.6 is 0 Å². The van der Waals surface area contributed by atoms with E-state index in [-0.39, 0.29) is 11.7 Å². The minimum Gasteiger partial charge on any atom is -0.486 e. The number of hydrogen-bond acceptors (Lipinski definition) is 3. The van der Waals surface area contributed by atoms with E-state index in [1.165, 1.54) is 77.0 Å². The molecule has 0 spiro atoms. The molecular weight excluding hydrogens is 432 g/mol. The summed E-state index contributed by atoms with van der Waals surface area (Å²) in [5, 5.41) is 7.00. The summed E-state index contributed by atoms with van der Waals surface area (Å²) in [6.07, 6.45) is 27.4. The van der Waals surface area contributed by atoms with E-state index in [0.29, 0.717) is 18.8 Å². The number of aliphatic hydroxyl groups excluding tert-OH is 1. The summed E-state index contributed by atoms with van der Waals surface area (Å²) >= 11 is 0. The van der Waals surface area contributed by atoms with Gasteiger partial charge in [0.05, 0.1) is 6.61 Å². The van der Waals surface area contributed by atoms with Crippen LogP contribution in [0.4, 0.5) is 0 Å². The predicted octanol–water partition coefficient (Wildman–Crippen LogP) is 8.03. The number of aliphatic hydroxyl groups is 1. The average Bonchev–Trinajstić information content (AvgIpc) is 3.72. The Bertz CT molecular complexity index is 782. The van der Waals surface area contributed by atoms with Crippen molar-refractivity contribution in [3.8, 4) is 0 Å². The third-order valence-corrected chi connectivity index (χ3v) is 7.72. The maximum atomic E-state index is 11.6. The fraction of sp³-hybridized carbons (Fsp3) is 0.656. The molecule has 2 radical (unpaired) electrons. The Morgan fingerprint density at radius 2 is 1.60 bits per heavy atom. The van der Waals surface area contributed by atoms with Gasteiger partial charge in [0, 0.05) is 25.0 Å². The molecule has 0 aromatic rings. The molecule has 0 bridgehead atoms. The van der Waals surface area contributed by atoms with Gasteiger partial charge >= 0.3 is 0 Å². The summed E-state index contributed by atoms with van der Waals surface area (Å²) in [6.45, 7) is 9.96. The van der Waals surface area contributed by atoms with Gasteiger partial charge in [0.2, 0.25) is 0 Å². The van der Waals surface area contributed by atoms with E-state index in [2.05, 4.69) is 24.3 Å². The van der Waals surface area contributed by atoms with Gasteiger partial charge in [0.1, 0.15) is 5.78 Å². The Labute approximate surface area is 215 Å². The molecule has 0 saturated heterocycles. The van der Waals surface area contributed by atoms with Crippen LogP contribution < -0.4 is 0 Å². The van der Waals surface area contributed by atoms with Crippen LogP contribution in [0.1, 0.15) is 104 Å². The van der Waals surface area contributed by atoms with E-state index in [4.69, 9.17) is 16.4 Å². The summed E-state index contributed by atoms with van der Waals surface area (Å²) in [7, 11) is 1.00. The first kappa shape index (κ1) is 29.4. The van der Waals surface area contributed by atoms with Gasteiger partial charge in [-0.3, -0.25) is 4.79 Å². The molecule has 0 aliphatic heterocycles. The van der Waals surface area contributed by atoms with E-state index >= 15 is 0 Å². The van der Waals surface area contributed by atoms with E-state index < -0.39 is 0 Å². The number of rotatable bonds is 9. The zero-order valence-corrected chi connectivity index (χ0v) is 22.5. The molecule has 2 saturated carbocycles. The van der Waals surface area contributed by atoms with Crippen molar-refractivity contribution >= 4 is 5.78 Å². The molecule has 0 aromatic carbocycles. The summed E-state index contributed by atoms with van der Waals surface area (Å²) in [6, 6.07) is 0. The molecule has 35 heavy (non-hydrogen) atoms. The van der Waals surface area contributed by atoms with Crippen molar-refractivity contribution < 1.29 is 14.6 Å². The summed E-state index contributed by atoms with van der Waals surface area (Å²) < 4.78 is 5.88. The maximum absolute atomic E-state index is 11.6. The monoisotopic (exact) mass is 480 g/mol. The number of allylic oxidation sites excluding steroid dienone is 6. The normalized spacial score (nSPS) is 22.1. The third-order valence-electron chi connectivity index (χ3n) is 7.72. The summed E-state index contributed by atoms with van der Waals surface area (Å²) in [5.41, 5.74) is 6.36. The molecular formula is C32H48O3. The number of hydrogen-bond donors (Lipinski definition) is 1. The van der Waals surface area contributed by atoms with Crippen LogP contribution in [0.2, 0.25) is 0 Å². The van der Waals surface area contributed by atoms with Gasteiger partial charge < -0.3 is 9.84 Å². The second-order valence-electron chi connectivity index (χ2n) is 10.6. The molecule has 2 fully saturated rings. The second kappa shape index (κ2) is 16.8. The molecule has 4 aliphatic carbocycles. The molecule has 0 heterocycles. The first-order valence-corrected chi connectivity index (χ1v) is 13.9. The SMILES string of the molecule is CO.[CH]1C=C1CCC1CCCCC1.[CH]=C=C(OCCC1CCCCC1)C1=CC(C)=C[C@@H](C(C)=O)C1. The average molecular weight is 481 g/mol. The fourth-order valence-electron chi connectivity index (χ4n) is 5.52. The summed E-state index contributed by atoms with van der Waals surface area (Å²) in [4.78, 5) is 11.6. The van der Waals surface area contributed by atoms with E-state index in [1.807, 2.05) is 13.0 Å². The Kier molecular flexibility index (Phi) is 14.1. The number of ketones is 1. The highest BCUT2D eigenvalue weighted by Crippen LogP contribution is 2.32. The van der Waals surface area contributed by atoms with Crippen molar-refractivity contribution in [3.63, 3.8) is 0 Å². The van der Waals surface area contributed by atoms with Crippen molar-refractivity contribution in [1.29, 1.82) is 0 Å². The van der Waals surface area contributed by atoms with Crippen LogP contribution in [0, 0.1) is 30.8 Å². The highest BCUT2D eigenvalue weighted by molar-refractivity contribution is 5.81. The lowest BCUT2D eigenvalue weighted by molar-refractivity contribution is -0.119. The van der Waals surface area contributed by atoms with Crippen molar-refractivity contribution in [1.82, 2.24) is 0 Å². The first-order chi connectivity index (χ1) is 17.0. The molecule has 4 rings (SSSR count). The maximum Gasteiger partial charge on any atom is 0.165 e. The highest BCUT2D eigenvalue weighted by Gasteiger charge is 2.21. The molecule has 0 amide bonds. The molecule has 3 nitrogen and oxygen atoms in total. The van der Waals surface area contributed by atoms with Crippen molar-refractivity contribution in [2.75, 3.05) is 13.7 Å². The number of carbonyl (C=O) groups is 1. The Hall–Kier alpha value is -1.83. The lowest BCUT2D eigenvalue weighted by Gasteiger charge is -2.23. The molecule has 194 valence electrons. The second-order valence-corrected chi connectivity index (χ2v) is 10.6. The van der Waals surface area contributed by atoms with E-state index in [9.17, 15) is 4.79 Å². The van der Waals surface area contributed by atoms with Crippen LogP contribution in [-0.4, -0.2) is 24.6 Å². The standard InChI is InChI=1S/C20H27O2.C11H17.CH4O/c1-4-20(22-11-10-17-8-6-5-7-9-17)19-13-15(2)12-18(14-19)16(3)21;1-2-4-10(5-3-1)6-7-11-8-9-11;1-2/h1,12-13,17-18H,5-11,14H2,2-3H3;8-10H,1-7H2;2H,1H3/t4?,18-;;/m1../s1. The van der Waals surface area contributed by atoms with Crippen molar-refractivity contribution in [2.24, 2.45) is 17.8 Å². The molecule has 0 aromatic heterocycles. The predicted molar refractivity (Wildman–Crippen MR) is 145 cm³/mol. The quantitative estimate of drug-likeness (QED) is 0.268. The topological polar surface area (TPSA) is 46.5 Å². The van der Waals surface area contributed by atoms with Crippen LogP contribution in [-0.2, 0) is 9.53 Å². The zero-order valence-electron chi connectivity index (χ0n) is 22.5. The Morgan fingerprint density at radius 1 is 1.03 bits per heavy atom. The first-order valence-electron chi connectivity index (χ1n) is 13.9. The van der Waals surface area contributed by atoms with Gasteiger partial charge in [-0.05, 0) is 57.9 Å². The van der Waals surface area contributed by atoms with Crippen molar-refractivity contribution in [3.05, 3.63) is 59.4 Å². The highest BCUT2D eigenvalue weighted by atomic mass is 16.5. The van der Waals surface area contributed by atoms with Crippen LogP contribution in [0.15, 0.2) is 46.4 Å². The molecule has 0 unspecified atom stereocenters. The van der Waals surface area contributed by atoms with Gasteiger partial charge in [-0.25, -0.2) is 0 Å². The van der Waals surface area contributed by atoms with Gasteiger partial charge in [-0.2, -0.15) is 0 Å². The van der Waals surface area contributed by atoms with Crippen LogP contribution in [0.25, 0.3) is 0 Å². The lowest BCUT2D eigenvalue weighted by atomic mass is 9.86. The van der Waals surface area contributed by atoms with Crippen molar-refractivity contribution in [2.45, 2.75) is 104 Å². The Balaban J connectivity index is 0.000000276. The third kappa shape index (κ3) is 11.6. The van der Waals surface area contributed by atoms with Gasteiger partial charge in [-0.15, -0.1) is 0 Å². The number of carbonyl (C=O) groups excluding carboxylic acids is 1. The smallest absolute Gasteiger partial charge is 0.165 e. The van der Waals surface area contributed by atoms with Crippen LogP contribution in [0.5, 0.6) is 0 Å². The number of Topliss-reactive ketones (excluding diaryl/α,β-unsaturated/α-hetero) is 1. The molecule has 1 atom stereocenters. The van der Waals surface area contributed by atoms with Gasteiger partial charge in [0.15, 0.2) is 5.76 Å². The minimum atomic E-state index is -0.0645. The molecule has 1 N–H and O–H groups in total. The minimum absolute atomic E-state index is 0.0645. The largest absolute Gasteiger partial charge is 0.486 e. The molecule has 3 heteroatoms. The van der Waals surface area contributed by atoms with Crippen LogP contribution in [0.3, 0.4) is 0 Å². The van der Waals surface area contributed by atoms with Gasteiger partial charge in [0.25, 0.3) is 0 Å². The van der Waals surface area contributed by atoms with E-state index in [0.717, 1.165) is 36.5 Å². The van der Waals surface area contributed by atoms with Gasteiger partial charge in [-0.1, -0.05) is 99.3 Å². The summed E-state index contributed by atoms with van der Waals surface area (Å²) in [5.74, 6) is 2.60. The lowest BCUT2D eigenvalue weighted by Crippen LogP contribution is -2.15. The zero-order chi connectivity index (χ0) is 25.5. The van der Waals surface area contributed by atoms with E-state index in [1.54, 1.807) is 12.5 Å². The molecule has 4 aliphatic rings. The Morgan fingerprint density at radius 3 is 2.11 bits per heavy atom.